The highest BCUT2D eigenvalue weighted by atomic mass is 32.2. The normalized spacial score (nSPS) is 12.6. The van der Waals surface area contributed by atoms with Crippen LogP contribution in [0.4, 0.5) is 17.3 Å². The smallest absolute Gasteiger partial charge is 0.263 e. The van der Waals surface area contributed by atoms with Crippen LogP contribution in [0.25, 0.3) is 0 Å². The molecular weight excluding hydrogens is 380 g/mol. The lowest BCUT2D eigenvalue weighted by Gasteiger charge is -2.10. The minimum atomic E-state index is -3.83. The van der Waals surface area contributed by atoms with Crippen LogP contribution < -0.4 is 19.5 Å². The number of aromatic nitrogens is 2. The molecular formula is C19H18N4O4S. The standard InChI is InChI=1S/C19H18N4O4S/c1-12-3-5-15(13(2)9-12)20-18-7-8-19(22-21-18)23-28(24,25)14-4-6-16-17(10-14)27-11-26-16/h3-10H,11H2,1-2H3,(H,20,21)(H,22,23). The molecule has 0 atom stereocenters. The lowest BCUT2D eigenvalue weighted by atomic mass is 10.1. The molecule has 9 heteroatoms. The van der Waals surface area contributed by atoms with E-state index in [0.29, 0.717) is 17.3 Å². The first kappa shape index (κ1) is 18.1. The number of anilines is 3. The second-order valence-corrected chi connectivity index (χ2v) is 8.05. The van der Waals surface area contributed by atoms with Gasteiger partial charge in [-0.3, -0.25) is 4.72 Å². The zero-order chi connectivity index (χ0) is 19.7. The fraction of sp³-hybridized carbons (Fsp3) is 0.158. The average molecular weight is 398 g/mol. The Hall–Kier alpha value is -3.33. The largest absolute Gasteiger partial charge is 0.454 e. The van der Waals surface area contributed by atoms with Crippen LogP contribution in [0.3, 0.4) is 0 Å². The molecule has 2 aromatic carbocycles. The first-order valence-electron chi connectivity index (χ1n) is 8.51. The van der Waals surface area contributed by atoms with Gasteiger partial charge in [0, 0.05) is 11.8 Å². The van der Waals surface area contributed by atoms with Crippen LogP contribution >= 0.6 is 0 Å². The summed E-state index contributed by atoms with van der Waals surface area (Å²) in [6, 6.07) is 13.6. The Bertz CT molecular complexity index is 1130. The Morgan fingerprint density at radius 3 is 2.39 bits per heavy atom. The SMILES string of the molecule is Cc1ccc(Nc2ccc(NS(=O)(=O)c3ccc4c(c3)OCO4)nn2)c(C)c1. The van der Waals surface area contributed by atoms with E-state index in [9.17, 15) is 8.42 Å². The van der Waals surface area contributed by atoms with Gasteiger partial charge in [-0.2, -0.15) is 0 Å². The van der Waals surface area contributed by atoms with Gasteiger partial charge in [0.05, 0.1) is 4.90 Å². The molecule has 3 aromatic rings. The van der Waals surface area contributed by atoms with E-state index in [1.807, 2.05) is 26.0 Å². The molecule has 0 aliphatic carbocycles. The quantitative estimate of drug-likeness (QED) is 0.679. The maximum atomic E-state index is 12.6. The van der Waals surface area contributed by atoms with Gasteiger partial charge in [-0.1, -0.05) is 17.7 Å². The summed E-state index contributed by atoms with van der Waals surface area (Å²) in [5.74, 6) is 1.53. The summed E-state index contributed by atoms with van der Waals surface area (Å²) < 4.78 is 38.0. The van der Waals surface area contributed by atoms with Crippen molar-refractivity contribution < 1.29 is 17.9 Å². The summed E-state index contributed by atoms with van der Waals surface area (Å²) in [5.41, 5.74) is 3.16. The number of nitrogens with zero attached hydrogens (tertiary/aromatic N) is 2. The molecule has 0 saturated heterocycles. The number of ether oxygens (including phenoxy) is 2. The first-order chi connectivity index (χ1) is 13.4. The molecule has 0 amide bonds. The van der Waals surface area contributed by atoms with Crippen LogP contribution in [0.5, 0.6) is 11.5 Å². The summed E-state index contributed by atoms with van der Waals surface area (Å²) >= 11 is 0. The molecule has 4 rings (SSSR count). The third-order valence-electron chi connectivity index (χ3n) is 4.20. The van der Waals surface area contributed by atoms with Gasteiger partial charge in [-0.25, -0.2) is 8.42 Å². The molecule has 28 heavy (non-hydrogen) atoms. The summed E-state index contributed by atoms with van der Waals surface area (Å²) in [5, 5.41) is 11.2. The van der Waals surface area contributed by atoms with Gasteiger partial charge in [-0.15, -0.1) is 10.2 Å². The van der Waals surface area contributed by atoms with E-state index >= 15 is 0 Å². The second-order valence-electron chi connectivity index (χ2n) is 6.37. The van der Waals surface area contributed by atoms with Gasteiger partial charge in [-0.05, 0) is 49.7 Å². The number of rotatable bonds is 5. The Balaban J connectivity index is 1.49. The van der Waals surface area contributed by atoms with Crippen LogP contribution in [-0.2, 0) is 10.0 Å². The molecule has 1 aromatic heterocycles. The van der Waals surface area contributed by atoms with Gasteiger partial charge < -0.3 is 14.8 Å². The predicted molar refractivity (Wildman–Crippen MR) is 105 cm³/mol. The van der Waals surface area contributed by atoms with Crippen molar-refractivity contribution in [2.75, 3.05) is 16.8 Å². The molecule has 0 saturated carbocycles. The average Bonchev–Trinajstić information content (AvgIpc) is 3.13. The van der Waals surface area contributed by atoms with E-state index in [-0.39, 0.29) is 17.5 Å². The number of fused-ring (bicyclic) bond motifs is 1. The van der Waals surface area contributed by atoms with Gasteiger partial charge in [0.2, 0.25) is 6.79 Å². The topological polar surface area (TPSA) is 102 Å². The monoisotopic (exact) mass is 398 g/mol. The van der Waals surface area contributed by atoms with Crippen molar-refractivity contribution in [3.63, 3.8) is 0 Å². The summed E-state index contributed by atoms with van der Waals surface area (Å²) in [7, 11) is -3.83. The van der Waals surface area contributed by atoms with E-state index < -0.39 is 10.0 Å². The van der Waals surface area contributed by atoms with Crippen LogP contribution in [0.2, 0.25) is 0 Å². The van der Waals surface area contributed by atoms with E-state index in [4.69, 9.17) is 9.47 Å². The molecule has 0 fully saturated rings. The van der Waals surface area contributed by atoms with Crippen LogP contribution in [0, 0.1) is 13.8 Å². The molecule has 0 spiro atoms. The summed E-state index contributed by atoms with van der Waals surface area (Å²) in [6.07, 6.45) is 0. The number of aryl methyl sites for hydroxylation is 2. The minimum Gasteiger partial charge on any atom is -0.454 e. The van der Waals surface area contributed by atoms with Gasteiger partial charge in [0.25, 0.3) is 10.0 Å². The third-order valence-corrected chi connectivity index (χ3v) is 5.55. The molecule has 1 aliphatic rings. The number of hydrogen-bond acceptors (Lipinski definition) is 7. The predicted octanol–water partition coefficient (Wildman–Crippen LogP) is 3.37. The zero-order valence-corrected chi connectivity index (χ0v) is 16.1. The summed E-state index contributed by atoms with van der Waals surface area (Å²) in [6.45, 7) is 4.10. The molecule has 2 N–H and O–H groups in total. The molecule has 1 aliphatic heterocycles. The molecule has 2 heterocycles. The van der Waals surface area contributed by atoms with Crippen molar-refractivity contribution in [3.05, 3.63) is 59.7 Å². The first-order valence-corrected chi connectivity index (χ1v) is 9.99. The van der Waals surface area contributed by atoms with Crippen molar-refractivity contribution >= 4 is 27.3 Å². The minimum absolute atomic E-state index is 0.0519. The van der Waals surface area contributed by atoms with Crippen LogP contribution in [0.1, 0.15) is 11.1 Å². The third kappa shape index (κ3) is 3.70. The van der Waals surface area contributed by atoms with Crippen molar-refractivity contribution in [1.29, 1.82) is 0 Å². The van der Waals surface area contributed by atoms with Gasteiger partial charge >= 0.3 is 0 Å². The molecule has 8 nitrogen and oxygen atoms in total. The lowest BCUT2D eigenvalue weighted by Crippen LogP contribution is -2.14. The summed E-state index contributed by atoms with van der Waals surface area (Å²) in [4.78, 5) is 0.0519. The molecule has 0 bridgehead atoms. The maximum absolute atomic E-state index is 12.6. The Morgan fingerprint density at radius 1 is 0.893 bits per heavy atom. The van der Waals surface area contributed by atoms with Crippen molar-refractivity contribution in [2.24, 2.45) is 0 Å². The fourth-order valence-corrected chi connectivity index (χ4v) is 3.80. The highest BCUT2D eigenvalue weighted by molar-refractivity contribution is 7.92. The maximum Gasteiger partial charge on any atom is 0.263 e. The van der Waals surface area contributed by atoms with Crippen LogP contribution in [0.15, 0.2) is 53.4 Å². The van der Waals surface area contributed by atoms with E-state index in [0.717, 1.165) is 11.3 Å². The Labute approximate surface area is 162 Å². The van der Waals surface area contributed by atoms with Gasteiger partial charge in [0.1, 0.15) is 0 Å². The number of benzene rings is 2. The van der Waals surface area contributed by atoms with Gasteiger partial charge in [0.15, 0.2) is 23.1 Å². The van der Waals surface area contributed by atoms with Crippen molar-refractivity contribution in [2.45, 2.75) is 18.7 Å². The number of nitrogens with one attached hydrogen (secondary N) is 2. The molecule has 0 unspecified atom stereocenters. The van der Waals surface area contributed by atoms with E-state index in [1.54, 1.807) is 18.2 Å². The highest BCUT2D eigenvalue weighted by Gasteiger charge is 2.21. The fourth-order valence-electron chi connectivity index (χ4n) is 2.79. The lowest BCUT2D eigenvalue weighted by molar-refractivity contribution is 0.174. The van der Waals surface area contributed by atoms with Crippen molar-refractivity contribution in [1.82, 2.24) is 10.2 Å². The van der Waals surface area contributed by atoms with Crippen molar-refractivity contribution in [3.8, 4) is 11.5 Å². The molecule has 144 valence electrons. The van der Waals surface area contributed by atoms with E-state index in [2.05, 4.69) is 26.3 Å². The van der Waals surface area contributed by atoms with Crippen LogP contribution in [-0.4, -0.2) is 25.4 Å². The molecule has 0 radical (unpaired) electrons. The number of sulfonamides is 1. The highest BCUT2D eigenvalue weighted by Crippen LogP contribution is 2.34. The zero-order valence-electron chi connectivity index (χ0n) is 15.3. The Morgan fingerprint density at radius 2 is 1.64 bits per heavy atom. The van der Waals surface area contributed by atoms with E-state index in [1.165, 1.54) is 17.7 Å². The number of hydrogen-bond donors (Lipinski definition) is 2. The Kier molecular flexibility index (Phi) is 4.52. The second kappa shape index (κ2) is 7.01.